The van der Waals surface area contributed by atoms with Crippen LogP contribution >= 0.6 is 0 Å². The summed E-state index contributed by atoms with van der Waals surface area (Å²) in [6, 6.07) is 11.4. The summed E-state index contributed by atoms with van der Waals surface area (Å²) in [6.45, 7) is 1.17. The first-order chi connectivity index (χ1) is 12.8. The van der Waals surface area contributed by atoms with E-state index in [1.165, 1.54) is 12.3 Å². The van der Waals surface area contributed by atoms with Crippen molar-refractivity contribution in [2.24, 2.45) is 0 Å². The normalized spacial score (nSPS) is 17.5. The molecule has 136 valence electrons. The Balaban J connectivity index is 1.37. The van der Waals surface area contributed by atoms with Crippen LogP contribution in [-0.4, -0.2) is 17.5 Å². The van der Waals surface area contributed by atoms with E-state index in [-0.39, 0.29) is 30.8 Å². The van der Waals surface area contributed by atoms with E-state index < -0.39 is 0 Å². The SMILES string of the molecule is O=c1cc(COC2CCCCO2)occ1OCn1ccc2ccccc21. The smallest absolute Gasteiger partial charge is 0.227 e. The lowest BCUT2D eigenvalue weighted by Crippen LogP contribution is -2.22. The third-order valence-corrected chi connectivity index (χ3v) is 4.44. The van der Waals surface area contributed by atoms with Crippen molar-refractivity contribution < 1.29 is 18.6 Å². The number of nitrogens with zero attached hydrogens (tertiary/aromatic N) is 1. The lowest BCUT2D eigenvalue weighted by Gasteiger charge is -2.22. The van der Waals surface area contributed by atoms with Gasteiger partial charge < -0.3 is 23.2 Å². The Bertz CT molecular complexity index is 923. The van der Waals surface area contributed by atoms with Crippen molar-refractivity contribution in [3.05, 3.63) is 64.8 Å². The zero-order valence-electron chi connectivity index (χ0n) is 14.4. The van der Waals surface area contributed by atoms with Crippen molar-refractivity contribution in [1.82, 2.24) is 4.57 Å². The van der Waals surface area contributed by atoms with Crippen molar-refractivity contribution in [3.8, 4) is 5.75 Å². The average molecular weight is 355 g/mol. The summed E-state index contributed by atoms with van der Waals surface area (Å²) in [5.74, 6) is 0.642. The van der Waals surface area contributed by atoms with Gasteiger partial charge in [-0.15, -0.1) is 0 Å². The fraction of sp³-hybridized carbons (Fsp3) is 0.350. The summed E-state index contributed by atoms with van der Waals surface area (Å²) >= 11 is 0. The molecule has 3 aromatic rings. The van der Waals surface area contributed by atoms with E-state index >= 15 is 0 Å². The molecule has 1 atom stereocenters. The van der Waals surface area contributed by atoms with Crippen molar-refractivity contribution >= 4 is 10.9 Å². The van der Waals surface area contributed by atoms with Gasteiger partial charge in [-0.2, -0.15) is 0 Å². The topological polar surface area (TPSA) is 62.8 Å². The Morgan fingerprint density at radius 3 is 2.96 bits per heavy atom. The largest absolute Gasteiger partial charge is 0.465 e. The second kappa shape index (κ2) is 7.76. The molecule has 1 aliphatic heterocycles. The van der Waals surface area contributed by atoms with Crippen LogP contribution in [0.15, 0.2) is 58.1 Å². The predicted octanol–water partition coefficient (Wildman–Crippen LogP) is 3.67. The van der Waals surface area contributed by atoms with Gasteiger partial charge in [0.25, 0.3) is 0 Å². The minimum atomic E-state index is -0.226. The maximum Gasteiger partial charge on any atom is 0.227 e. The van der Waals surface area contributed by atoms with E-state index in [2.05, 4.69) is 0 Å². The Hall–Kier alpha value is -2.57. The highest BCUT2D eigenvalue weighted by molar-refractivity contribution is 5.79. The van der Waals surface area contributed by atoms with Crippen LogP contribution < -0.4 is 10.2 Å². The van der Waals surface area contributed by atoms with E-state index in [9.17, 15) is 4.79 Å². The Labute approximate surface area is 150 Å². The summed E-state index contributed by atoms with van der Waals surface area (Å²) in [4.78, 5) is 12.2. The van der Waals surface area contributed by atoms with Gasteiger partial charge in [-0.05, 0) is 36.8 Å². The second-order valence-electron chi connectivity index (χ2n) is 6.30. The number of ether oxygens (including phenoxy) is 3. The van der Waals surface area contributed by atoms with Gasteiger partial charge in [0.2, 0.25) is 11.2 Å². The van der Waals surface area contributed by atoms with Crippen LogP contribution in [0.25, 0.3) is 10.9 Å². The Kier molecular flexibility index (Phi) is 5.04. The number of hydrogen-bond donors (Lipinski definition) is 0. The molecule has 3 heterocycles. The van der Waals surface area contributed by atoms with Gasteiger partial charge >= 0.3 is 0 Å². The van der Waals surface area contributed by atoms with Crippen LogP contribution in [0.3, 0.4) is 0 Å². The van der Waals surface area contributed by atoms with Crippen molar-refractivity contribution in [1.29, 1.82) is 0 Å². The highest BCUT2D eigenvalue weighted by Crippen LogP contribution is 2.17. The standard InChI is InChI=1S/C20H21NO5/c22-18-11-16(12-25-20-7-3-4-10-23-20)24-13-19(18)26-14-21-9-8-15-5-1-2-6-17(15)21/h1-2,5-6,8-9,11,13,20H,3-4,7,10,12,14H2. The first kappa shape index (κ1) is 16.9. The van der Waals surface area contributed by atoms with Gasteiger partial charge in [0, 0.05) is 18.9 Å². The average Bonchev–Trinajstić information content (AvgIpc) is 3.10. The molecule has 0 N–H and O–H groups in total. The van der Waals surface area contributed by atoms with Gasteiger partial charge in [-0.1, -0.05) is 18.2 Å². The molecule has 0 spiro atoms. The fourth-order valence-electron chi connectivity index (χ4n) is 3.03. The summed E-state index contributed by atoms with van der Waals surface area (Å²) in [5.41, 5.74) is 0.824. The Morgan fingerprint density at radius 2 is 2.12 bits per heavy atom. The summed E-state index contributed by atoms with van der Waals surface area (Å²) in [5, 5.41) is 1.13. The number of fused-ring (bicyclic) bond motifs is 1. The van der Waals surface area contributed by atoms with Crippen molar-refractivity contribution in [2.75, 3.05) is 6.61 Å². The highest BCUT2D eigenvalue weighted by Gasteiger charge is 2.15. The maximum absolute atomic E-state index is 12.2. The molecule has 0 aliphatic carbocycles. The molecule has 6 heteroatoms. The van der Waals surface area contributed by atoms with Crippen LogP contribution in [0.5, 0.6) is 5.75 Å². The molecule has 6 nitrogen and oxygen atoms in total. The van der Waals surface area contributed by atoms with Crippen LogP contribution in [0.2, 0.25) is 0 Å². The Morgan fingerprint density at radius 1 is 1.19 bits per heavy atom. The molecular formula is C20H21NO5. The summed E-state index contributed by atoms with van der Waals surface area (Å²) in [6.07, 6.45) is 6.09. The fourth-order valence-corrected chi connectivity index (χ4v) is 3.03. The first-order valence-electron chi connectivity index (χ1n) is 8.81. The van der Waals surface area contributed by atoms with Gasteiger partial charge in [0.05, 0.1) is 5.52 Å². The van der Waals surface area contributed by atoms with Crippen LogP contribution in [0.1, 0.15) is 25.0 Å². The molecule has 0 bridgehead atoms. The molecule has 4 rings (SSSR count). The number of para-hydroxylation sites is 1. The lowest BCUT2D eigenvalue weighted by atomic mass is 10.2. The number of benzene rings is 1. The molecule has 1 fully saturated rings. The monoisotopic (exact) mass is 355 g/mol. The molecule has 1 aliphatic rings. The van der Waals surface area contributed by atoms with E-state index in [4.69, 9.17) is 18.6 Å². The molecule has 0 amide bonds. The molecule has 2 aromatic heterocycles. The van der Waals surface area contributed by atoms with Gasteiger partial charge in [0.1, 0.15) is 18.6 Å². The van der Waals surface area contributed by atoms with Gasteiger partial charge in [-0.25, -0.2) is 0 Å². The molecule has 26 heavy (non-hydrogen) atoms. The second-order valence-corrected chi connectivity index (χ2v) is 6.30. The molecule has 1 saturated heterocycles. The quantitative estimate of drug-likeness (QED) is 0.675. The van der Waals surface area contributed by atoms with Crippen molar-refractivity contribution in [2.45, 2.75) is 38.9 Å². The molecule has 0 saturated carbocycles. The molecule has 1 unspecified atom stereocenters. The zero-order valence-corrected chi connectivity index (χ0v) is 14.4. The predicted molar refractivity (Wildman–Crippen MR) is 95.9 cm³/mol. The summed E-state index contributed by atoms with van der Waals surface area (Å²) in [7, 11) is 0. The van der Waals surface area contributed by atoms with E-state index in [0.717, 1.165) is 36.8 Å². The van der Waals surface area contributed by atoms with Crippen LogP contribution in [0.4, 0.5) is 0 Å². The van der Waals surface area contributed by atoms with Gasteiger partial charge in [0.15, 0.2) is 13.0 Å². The molecule has 1 aromatic carbocycles. The molecular weight excluding hydrogens is 334 g/mol. The third kappa shape index (κ3) is 3.81. The maximum atomic E-state index is 12.2. The van der Waals surface area contributed by atoms with E-state index in [0.29, 0.717) is 5.76 Å². The third-order valence-electron chi connectivity index (χ3n) is 4.44. The minimum absolute atomic E-state index is 0.181. The summed E-state index contributed by atoms with van der Waals surface area (Å²) < 4.78 is 24.2. The van der Waals surface area contributed by atoms with Gasteiger partial charge in [-0.3, -0.25) is 4.79 Å². The first-order valence-corrected chi connectivity index (χ1v) is 8.81. The number of hydrogen-bond acceptors (Lipinski definition) is 5. The molecule has 0 radical (unpaired) electrons. The lowest BCUT2D eigenvalue weighted by molar-refractivity contribution is -0.171. The van der Waals surface area contributed by atoms with Crippen LogP contribution in [0, 0.1) is 0 Å². The minimum Gasteiger partial charge on any atom is -0.465 e. The highest BCUT2D eigenvalue weighted by atomic mass is 16.7. The number of rotatable bonds is 6. The van der Waals surface area contributed by atoms with Crippen LogP contribution in [-0.2, 0) is 22.8 Å². The number of aromatic nitrogens is 1. The van der Waals surface area contributed by atoms with Crippen molar-refractivity contribution in [3.63, 3.8) is 0 Å². The zero-order chi connectivity index (χ0) is 17.8. The van der Waals surface area contributed by atoms with E-state index in [1.54, 1.807) is 0 Å². The van der Waals surface area contributed by atoms with E-state index in [1.807, 2.05) is 41.1 Å².